The smallest absolute Gasteiger partial charge is 0.260 e. The molecule has 0 spiro atoms. The number of ether oxygens (including phenoxy) is 1. The molecule has 0 aliphatic carbocycles. The standard InChI is InChI=1S/C14H18FNO3/c1-19-12-7-4-6-11(15)13(12)14(18)16-8-3-2-5-10(16)9-17/h4,6-7,10,17H,2-3,5,8-9H2,1H3. The number of halogens is 1. The zero-order valence-corrected chi connectivity index (χ0v) is 10.9. The van der Waals surface area contributed by atoms with Crippen molar-refractivity contribution in [3.8, 4) is 5.75 Å². The molecule has 0 bridgehead atoms. The van der Waals surface area contributed by atoms with Crippen LogP contribution in [0.1, 0.15) is 29.6 Å². The summed E-state index contributed by atoms with van der Waals surface area (Å²) in [6.45, 7) is 0.448. The van der Waals surface area contributed by atoms with Crippen molar-refractivity contribution in [1.82, 2.24) is 4.90 Å². The van der Waals surface area contributed by atoms with Crippen LogP contribution in [0.4, 0.5) is 4.39 Å². The molecule has 2 rings (SSSR count). The van der Waals surface area contributed by atoms with Crippen molar-refractivity contribution in [1.29, 1.82) is 0 Å². The summed E-state index contributed by atoms with van der Waals surface area (Å²) in [5.74, 6) is -0.771. The van der Waals surface area contributed by atoms with E-state index < -0.39 is 11.7 Å². The average molecular weight is 267 g/mol. The summed E-state index contributed by atoms with van der Waals surface area (Å²) < 4.78 is 18.9. The highest BCUT2D eigenvalue weighted by Gasteiger charge is 2.30. The van der Waals surface area contributed by atoms with Crippen molar-refractivity contribution in [2.75, 3.05) is 20.3 Å². The Morgan fingerprint density at radius 2 is 2.32 bits per heavy atom. The first-order chi connectivity index (χ1) is 9.19. The third-order valence-corrected chi connectivity index (χ3v) is 3.51. The van der Waals surface area contributed by atoms with Crippen molar-refractivity contribution >= 4 is 5.91 Å². The lowest BCUT2D eigenvalue weighted by atomic mass is 10.0. The molecule has 104 valence electrons. The fourth-order valence-corrected chi connectivity index (χ4v) is 2.48. The fraction of sp³-hybridized carbons (Fsp3) is 0.500. The molecule has 0 aromatic heterocycles. The zero-order chi connectivity index (χ0) is 13.8. The number of aliphatic hydroxyl groups excluding tert-OH is 1. The molecule has 0 radical (unpaired) electrons. The molecule has 19 heavy (non-hydrogen) atoms. The van der Waals surface area contributed by atoms with Gasteiger partial charge in [0.15, 0.2) is 0 Å². The first-order valence-electron chi connectivity index (χ1n) is 6.43. The molecule has 1 amide bonds. The molecule has 1 aliphatic heterocycles. The van der Waals surface area contributed by atoms with E-state index in [1.807, 2.05) is 0 Å². The lowest BCUT2D eigenvalue weighted by Crippen LogP contribution is -2.46. The number of amides is 1. The number of piperidine rings is 1. The number of rotatable bonds is 3. The molecule has 1 unspecified atom stereocenters. The predicted octanol–water partition coefficient (Wildman–Crippen LogP) is 1.82. The van der Waals surface area contributed by atoms with Gasteiger partial charge < -0.3 is 14.7 Å². The number of benzene rings is 1. The summed E-state index contributed by atoms with van der Waals surface area (Å²) in [4.78, 5) is 14.0. The summed E-state index contributed by atoms with van der Waals surface area (Å²) >= 11 is 0. The van der Waals surface area contributed by atoms with Crippen LogP contribution < -0.4 is 4.74 Å². The van der Waals surface area contributed by atoms with E-state index in [0.29, 0.717) is 6.54 Å². The number of hydrogen-bond donors (Lipinski definition) is 1. The van der Waals surface area contributed by atoms with Gasteiger partial charge in [0.05, 0.1) is 19.8 Å². The Balaban J connectivity index is 2.32. The van der Waals surface area contributed by atoms with E-state index >= 15 is 0 Å². The molecule has 5 heteroatoms. The van der Waals surface area contributed by atoms with E-state index in [9.17, 15) is 14.3 Å². The Morgan fingerprint density at radius 3 is 3.00 bits per heavy atom. The van der Waals surface area contributed by atoms with Crippen molar-refractivity contribution in [3.63, 3.8) is 0 Å². The molecule has 0 saturated carbocycles. The highest BCUT2D eigenvalue weighted by atomic mass is 19.1. The molecular formula is C14H18FNO3. The van der Waals surface area contributed by atoms with Gasteiger partial charge in [-0.05, 0) is 31.4 Å². The SMILES string of the molecule is COc1cccc(F)c1C(=O)N1CCCCC1CO. The number of carbonyl (C=O) groups is 1. The minimum atomic E-state index is -0.591. The van der Waals surface area contributed by atoms with E-state index in [1.165, 1.54) is 19.2 Å². The topological polar surface area (TPSA) is 49.8 Å². The maximum absolute atomic E-state index is 13.9. The Hall–Kier alpha value is -1.62. The summed E-state index contributed by atoms with van der Waals surface area (Å²) in [7, 11) is 1.41. The number of nitrogens with zero attached hydrogens (tertiary/aromatic N) is 1. The molecule has 1 fully saturated rings. The van der Waals surface area contributed by atoms with Crippen molar-refractivity contribution in [3.05, 3.63) is 29.6 Å². The third kappa shape index (κ3) is 2.71. The van der Waals surface area contributed by atoms with Crippen LogP contribution in [0.3, 0.4) is 0 Å². The lowest BCUT2D eigenvalue weighted by Gasteiger charge is -2.35. The van der Waals surface area contributed by atoms with E-state index in [4.69, 9.17) is 4.74 Å². The molecule has 1 atom stereocenters. The normalized spacial score (nSPS) is 19.3. The molecule has 1 N–H and O–H groups in total. The first kappa shape index (κ1) is 13.8. The van der Waals surface area contributed by atoms with Crippen LogP contribution in [0.15, 0.2) is 18.2 Å². The second-order valence-electron chi connectivity index (χ2n) is 4.65. The minimum Gasteiger partial charge on any atom is -0.496 e. The van der Waals surface area contributed by atoms with Gasteiger partial charge in [-0.25, -0.2) is 4.39 Å². The second kappa shape index (κ2) is 6.02. The van der Waals surface area contributed by atoms with Gasteiger partial charge >= 0.3 is 0 Å². The van der Waals surface area contributed by atoms with Crippen LogP contribution in [0, 0.1) is 5.82 Å². The number of carbonyl (C=O) groups excluding carboxylic acids is 1. The molecule has 1 aromatic rings. The molecule has 1 aromatic carbocycles. The van der Waals surface area contributed by atoms with Gasteiger partial charge in [0.2, 0.25) is 0 Å². The lowest BCUT2D eigenvalue weighted by molar-refractivity contribution is 0.0495. The quantitative estimate of drug-likeness (QED) is 0.908. The van der Waals surface area contributed by atoms with Gasteiger partial charge in [0.1, 0.15) is 17.1 Å². The van der Waals surface area contributed by atoms with Gasteiger partial charge in [0, 0.05) is 6.54 Å². The maximum Gasteiger partial charge on any atom is 0.260 e. The molecule has 1 saturated heterocycles. The number of hydrogen-bond acceptors (Lipinski definition) is 3. The van der Waals surface area contributed by atoms with Gasteiger partial charge in [0.25, 0.3) is 5.91 Å². The summed E-state index contributed by atoms with van der Waals surface area (Å²) in [6, 6.07) is 4.08. The Labute approximate surface area is 111 Å². The highest BCUT2D eigenvalue weighted by Crippen LogP contribution is 2.26. The van der Waals surface area contributed by atoms with Crippen molar-refractivity contribution in [2.45, 2.75) is 25.3 Å². The Bertz CT molecular complexity index is 464. The molecular weight excluding hydrogens is 249 g/mol. The van der Waals surface area contributed by atoms with Gasteiger partial charge in [-0.15, -0.1) is 0 Å². The van der Waals surface area contributed by atoms with Crippen molar-refractivity contribution in [2.24, 2.45) is 0 Å². The summed E-state index contributed by atoms with van der Waals surface area (Å²) in [5.41, 5.74) is -0.0506. The third-order valence-electron chi connectivity index (χ3n) is 3.51. The predicted molar refractivity (Wildman–Crippen MR) is 68.7 cm³/mol. The monoisotopic (exact) mass is 267 g/mol. The first-order valence-corrected chi connectivity index (χ1v) is 6.43. The zero-order valence-electron chi connectivity index (χ0n) is 10.9. The van der Waals surface area contributed by atoms with Gasteiger partial charge in [-0.3, -0.25) is 4.79 Å². The van der Waals surface area contributed by atoms with E-state index in [2.05, 4.69) is 0 Å². The van der Waals surface area contributed by atoms with E-state index in [-0.39, 0.29) is 24.0 Å². The van der Waals surface area contributed by atoms with Crippen LogP contribution in [-0.2, 0) is 0 Å². The maximum atomic E-state index is 13.9. The summed E-state index contributed by atoms with van der Waals surface area (Å²) in [6.07, 6.45) is 2.60. The van der Waals surface area contributed by atoms with Crippen LogP contribution in [0.25, 0.3) is 0 Å². The van der Waals surface area contributed by atoms with Crippen LogP contribution in [0.2, 0.25) is 0 Å². The Kier molecular flexibility index (Phi) is 4.37. The number of aliphatic hydroxyl groups is 1. The van der Waals surface area contributed by atoms with Gasteiger partial charge in [-0.2, -0.15) is 0 Å². The largest absolute Gasteiger partial charge is 0.496 e. The molecule has 1 aliphatic rings. The minimum absolute atomic E-state index is 0.0506. The second-order valence-corrected chi connectivity index (χ2v) is 4.65. The number of likely N-dealkylation sites (tertiary alicyclic amines) is 1. The van der Waals surface area contributed by atoms with Crippen LogP contribution in [0.5, 0.6) is 5.75 Å². The Morgan fingerprint density at radius 1 is 1.53 bits per heavy atom. The van der Waals surface area contributed by atoms with Crippen molar-refractivity contribution < 1.29 is 19.0 Å². The fourth-order valence-electron chi connectivity index (χ4n) is 2.48. The van der Waals surface area contributed by atoms with Crippen LogP contribution in [-0.4, -0.2) is 42.2 Å². The summed E-state index contributed by atoms with van der Waals surface area (Å²) in [5, 5.41) is 9.33. The average Bonchev–Trinajstić information content (AvgIpc) is 2.46. The highest BCUT2D eigenvalue weighted by molar-refractivity contribution is 5.97. The molecule has 1 heterocycles. The number of methoxy groups -OCH3 is 1. The molecule has 4 nitrogen and oxygen atoms in total. The van der Waals surface area contributed by atoms with Crippen LogP contribution >= 0.6 is 0 Å². The van der Waals surface area contributed by atoms with E-state index in [1.54, 1.807) is 11.0 Å². The van der Waals surface area contributed by atoms with E-state index in [0.717, 1.165) is 19.3 Å². The van der Waals surface area contributed by atoms with Gasteiger partial charge in [-0.1, -0.05) is 6.07 Å².